The Morgan fingerprint density at radius 1 is 0.711 bits per heavy atom. The zero-order chi connectivity index (χ0) is 26.9. The summed E-state index contributed by atoms with van der Waals surface area (Å²) in [4.78, 5) is 4.33. The minimum atomic E-state index is 0.0298. The lowest BCUT2D eigenvalue weighted by atomic mass is 10.1. The van der Waals surface area contributed by atoms with Gasteiger partial charge in [-0.1, -0.05) is 19.1 Å². The van der Waals surface area contributed by atoms with E-state index < -0.39 is 0 Å². The van der Waals surface area contributed by atoms with Crippen molar-refractivity contribution in [3.8, 4) is 55.3 Å². The summed E-state index contributed by atoms with van der Waals surface area (Å²) in [6, 6.07) is 21.1. The SMILES string of the molecule is CCc1cc(-c2ccc(/C=C/C=C(C#N)C#N)o2)sc1-c1ccc(-c2ccc(/C=C/C=C(C#N)C#N)o2)s1. The van der Waals surface area contributed by atoms with Crippen LogP contribution in [0.15, 0.2) is 86.7 Å². The zero-order valence-electron chi connectivity index (χ0n) is 20.1. The Balaban J connectivity index is 1.54. The molecule has 0 aliphatic rings. The molecule has 0 unspecified atom stereocenters. The molecule has 0 aromatic carbocycles. The molecule has 182 valence electrons. The van der Waals surface area contributed by atoms with Gasteiger partial charge in [0.1, 0.15) is 58.5 Å². The Morgan fingerprint density at radius 3 is 1.76 bits per heavy atom. The predicted octanol–water partition coefficient (Wildman–Crippen LogP) is 8.53. The maximum Gasteiger partial charge on any atom is 0.144 e. The summed E-state index contributed by atoms with van der Waals surface area (Å²) in [5.74, 6) is 2.76. The molecule has 0 saturated carbocycles. The summed E-state index contributed by atoms with van der Waals surface area (Å²) in [7, 11) is 0. The number of thiophene rings is 2. The zero-order valence-corrected chi connectivity index (χ0v) is 21.8. The number of hydrogen-bond acceptors (Lipinski definition) is 8. The third-order valence-corrected chi connectivity index (χ3v) is 7.76. The van der Waals surface area contributed by atoms with Gasteiger partial charge in [-0.05, 0) is 78.8 Å². The van der Waals surface area contributed by atoms with Gasteiger partial charge in [-0.15, -0.1) is 22.7 Å². The summed E-state index contributed by atoms with van der Waals surface area (Å²) < 4.78 is 11.9. The van der Waals surface area contributed by atoms with Gasteiger partial charge in [0.15, 0.2) is 0 Å². The maximum atomic E-state index is 8.83. The van der Waals surface area contributed by atoms with Crippen LogP contribution >= 0.6 is 22.7 Å². The fourth-order valence-electron chi connectivity index (χ4n) is 3.44. The van der Waals surface area contributed by atoms with Crippen molar-refractivity contribution in [3.05, 3.63) is 95.0 Å². The lowest BCUT2D eigenvalue weighted by Gasteiger charge is -1.96. The molecule has 0 aliphatic carbocycles. The molecule has 4 rings (SSSR count). The first-order chi connectivity index (χ1) is 18.6. The Bertz CT molecular complexity index is 1730. The van der Waals surface area contributed by atoms with Crippen molar-refractivity contribution in [3.63, 3.8) is 0 Å². The number of allylic oxidation sites excluding steroid dienone is 6. The van der Waals surface area contributed by atoms with Crippen molar-refractivity contribution in [2.24, 2.45) is 0 Å². The van der Waals surface area contributed by atoms with Crippen LogP contribution in [0.2, 0.25) is 0 Å². The minimum Gasteiger partial charge on any atom is -0.456 e. The van der Waals surface area contributed by atoms with Gasteiger partial charge >= 0.3 is 0 Å². The normalized spacial score (nSPS) is 10.6. The summed E-state index contributed by atoms with van der Waals surface area (Å²) in [6.45, 7) is 2.12. The lowest BCUT2D eigenvalue weighted by Crippen LogP contribution is -1.76. The number of rotatable bonds is 8. The molecule has 0 atom stereocenters. The quantitative estimate of drug-likeness (QED) is 0.166. The van der Waals surface area contributed by atoms with Gasteiger partial charge in [-0.25, -0.2) is 0 Å². The molecule has 0 fully saturated rings. The largest absolute Gasteiger partial charge is 0.456 e. The van der Waals surface area contributed by atoms with Gasteiger partial charge in [0.2, 0.25) is 0 Å². The summed E-state index contributed by atoms with van der Waals surface area (Å²) in [5.41, 5.74) is 1.29. The first-order valence-corrected chi connectivity index (χ1v) is 13.0. The molecule has 0 radical (unpaired) electrons. The van der Waals surface area contributed by atoms with E-state index >= 15 is 0 Å². The molecule has 0 aliphatic heterocycles. The molecule has 4 heterocycles. The highest BCUT2D eigenvalue weighted by molar-refractivity contribution is 7.25. The monoisotopic (exact) mass is 530 g/mol. The molecule has 0 N–H and O–H groups in total. The standard InChI is InChI=1S/C30H18N4O2S2/c1-2-22-15-29(26-12-10-24(36-26)8-4-6-21(18-33)19-34)38-30(22)28-14-13-27(37-28)25-11-9-23(35-25)7-3-5-20(16-31)17-32/h3-15H,2H2,1H3/b7-3+,8-4+. The molecule has 0 bridgehead atoms. The second-order valence-electron chi connectivity index (χ2n) is 7.71. The van der Waals surface area contributed by atoms with Crippen molar-refractivity contribution >= 4 is 34.8 Å². The fraction of sp³-hybridized carbons (Fsp3) is 0.0667. The van der Waals surface area contributed by atoms with Crippen LogP contribution in [-0.4, -0.2) is 0 Å². The Kier molecular flexibility index (Phi) is 8.35. The van der Waals surface area contributed by atoms with E-state index in [0.29, 0.717) is 11.5 Å². The second kappa shape index (κ2) is 12.2. The van der Waals surface area contributed by atoms with E-state index in [1.54, 1.807) is 47.0 Å². The molecule has 4 aromatic heterocycles. The number of nitrogens with zero attached hydrogens (tertiary/aromatic N) is 4. The number of furan rings is 2. The summed E-state index contributed by atoms with van der Waals surface area (Å²) in [6.07, 6.45) is 10.4. The van der Waals surface area contributed by atoms with E-state index in [0.717, 1.165) is 32.6 Å². The fourth-order valence-corrected chi connectivity index (χ4v) is 5.77. The highest BCUT2D eigenvalue weighted by Crippen LogP contribution is 2.43. The first-order valence-electron chi connectivity index (χ1n) is 11.4. The molecule has 38 heavy (non-hydrogen) atoms. The molecule has 0 saturated heterocycles. The molecule has 4 aromatic rings. The number of hydrogen-bond donors (Lipinski definition) is 0. The van der Waals surface area contributed by atoms with E-state index in [9.17, 15) is 0 Å². The van der Waals surface area contributed by atoms with Gasteiger partial charge in [0, 0.05) is 9.75 Å². The lowest BCUT2D eigenvalue weighted by molar-refractivity contribution is 0.573. The van der Waals surface area contributed by atoms with Crippen LogP contribution in [-0.2, 0) is 6.42 Å². The molecular formula is C30H18N4O2S2. The van der Waals surface area contributed by atoms with Gasteiger partial charge in [-0.3, -0.25) is 0 Å². The average molecular weight is 531 g/mol. The molecule has 0 amide bonds. The Morgan fingerprint density at radius 2 is 1.24 bits per heavy atom. The van der Waals surface area contributed by atoms with Crippen LogP contribution in [0.4, 0.5) is 0 Å². The van der Waals surface area contributed by atoms with Crippen molar-refractivity contribution < 1.29 is 8.83 Å². The molecule has 8 heteroatoms. The van der Waals surface area contributed by atoms with Gasteiger partial charge < -0.3 is 8.83 Å². The van der Waals surface area contributed by atoms with E-state index in [2.05, 4.69) is 19.1 Å². The smallest absolute Gasteiger partial charge is 0.144 e. The topological polar surface area (TPSA) is 121 Å². The van der Waals surface area contributed by atoms with E-state index in [1.807, 2.05) is 54.6 Å². The van der Waals surface area contributed by atoms with Gasteiger partial charge in [0.25, 0.3) is 0 Å². The minimum absolute atomic E-state index is 0.0298. The third-order valence-electron chi connectivity index (χ3n) is 5.29. The van der Waals surface area contributed by atoms with Crippen molar-refractivity contribution in [2.45, 2.75) is 13.3 Å². The number of aryl methyl sites for hydroxylation is 1. The maximum absolute atomic E-state index is 8.83. The predicted molar refractivity (Wildman–Crippen MR) is 149 cm³/mol. The molecule has 6 nitrogen and oxygen atoms in total. The summed E-state index contributed by atoms with van der Waals surface area (Å²) in [5, 5.41) is 35.3. The van der Waals surface area contributed by atoms with Crippen molar-refractivity contribution in [1.29, 1.82) is 21.0 Å². The first kappa shape index (κ1) is 26.0. The van der Waals surface area contributed by atoms with Crippen LogP contribution in [0.3, 0.4) is 0 Å². The van der Waals surface area contributed by atoms with Crippen LogP contribution in [0.1, 0.15) is 24.0 Å². The molecular weight excluding hydrogens is 512 g/mol. The second-order valence-corrected chi connectivity index (χ2v) is 9.85. The average Bonchev–Trinajstić information content (AvgIpc) is 3.74. The highest BCUT2D eigenvalue weighted by atomic mass is 32.1. The number of nitriles is 4. The van der Waals surface area contributed by atoms with Crippen molar-refractivity contribution in [2.75, 3.05) is 0 Å². The highest BCUT2D eigenvalue weighted by Gasteiger charge is 2.16. The van der Waals surface area contributed by atoms with Crippen LogP contribution < -0.4 is 0 Å². The molecule has 0 spiro atoms. The van der Waals surface area contributed by atoms with Crippen molar-refractivity contribution in [1.82, 2.24) is 0 Å². The third kappa shape index (κ3) is 5.98. The van der Waals surface area contributed by atoms with Crippen LogP contribution in [0.5, 0.6) is 0 Å². The van der Waals surface area contributed by atoms with Gasteiger partial charge in [0.05, 0.1) is 9.75 Å². The van der Waals surface area contributed by atoms with Gasteiger partial charge in [-0.2, -0.15) is 21.0 Å². The summed E-state index contributed by atoms with van der Waals surface area (Å²) >= 11 is 3.31. The van der Waals surface area contributed by atoms with Crippen LogP contribution in [0, 0.1) is 45.3 Å². The Labute approximate surface area is 227 Å². The Hall–Kier alpha value is -5.12. The van der Waals surface area contributed by atoms with E-state index in [-0.39, 0.29) is 11.1 Å². The van der Waals surface area contributed by atoms with E-state index in [4.69, 9.17) is 29.9 Å². The van der Waals surface area contributed by atoms with E-state index in [1.165, 1.54) is 22.6 Å². The van der Waals surface area contributed by atoms with Crippen LogP contribution in [0.25, 0.3) is 43.2 Å².